The number of primary amides is 1. The molecular formula is C18H14F2N4O3S. The predicted octanol–water partition coefficient (Wildman–Crippen LogP) is 3.84. The monoisotopic (exact) mass is 404 g/mol. The van der Waals surface area contributed by atoms with E-state index in [1.54, 1.807) is 35.7 Å². The summed E-state index contributed by atoms with van der Waals surface area (Å²) in [7, 11) is 0. The Balaban J connectivity index is 1.67. The van der Waals surface area contributed by atoms with Crippen molar-refractivity contribution in [3.8, 4) is 5.75 Å². The summed E-state index contributed by atoms with van der Waals surface area (Å²) in [5, 5.41) is 7.53. The molecule has 28 heavy (non-hydrogen) atoms. The smallest absolute Gasteiger partial charge is 0.387 e. The van der Waals surface area contributed by atoms with Crippen molar-refractivity contribution in [1.82, 2.24) is 4.98 Å². The Morgan fingerprint density at radius 3 is 2.50 bits per heavy atom. The number of benzene rings is 2. The van der Waals surface area contributed by atoms with Crippen molar-refractivity contribution in [1.29, 1.82) is 0 Å². The largest absolute Gasteiger partial charge is 0.435 e. The summed E-state index contributed by atoms with van der Waals surface area (Å²) >= 11 is 1.18. The van der Waals surface area contributed by atoms with Gasteiger partial charge in [-0.2, -0.15) is 8.78 Å². The second kappa shape index (κ2) is 8.44. The third-order valence-electron chi connectivity index (χ3n) is 3.51. The summed E-state index contributed by atoms with van der Waals surface area (Å²) in [5.41, 5.74) is 6.50. The molecule has 0 aliphatic rings. The number of thiazole rings is 1. The number of halogens is 2. The van der Waals surface area contributed by atoms with Crippen LogP contribution in [-0.2, 0) is 0 Å². The first kappa shape index (κ1) is 19.2. The van der Waals surface area contributed by atoms with E-state index in [9.17, 15) is 18.4 Å². The van der Waals surface area contributed by atoms with Gasteiger partial charge in [0.25, 0.3) is 11.8 Å². The Kier molecular flexibility index (Phi) is 5.80. The van der Waals surface area contributed by atoms with E-state index in [0.29, 0.717) is 10.8 Å². The number of para-hydroxylation sites is 1. The molecule has 0 fully saturated rings. The molecule has 3 aromatic rings. The number of nitrogens with one attached hydrogen (secondary N) is 2. The number of nitrogens with two attached hydrogens (primary N) is 1. The van der Waals surface area contributed by atoms with Crippen LogP contribution in [0, 0.1) is 0 Å². The minimum atomic E-state index is -2.89. The highest BCUT2D eigenvalue weighted by molar-refractivity contribution is 7.14. The molecule has 2 amide bonds. The number of carbonyl (C=O) groups excluding carboxylic acids is 2. The van der Waals surface area contributed by atoms with Gasteiger partial charge in [0.05, 0.1) is 11.3 Å². The molecule has 0 saturated heterocycles. The molecule has 0 unspecified atom stereocenters. The van der Waals surface area contributed by atoms with Crippen LogP contribution < -0.4 is 21.1 Å². The van der Waals surface area contributed by atoms with Crippen molar-refractivity contribution in [2.75, 3.05) is 10.6 Å². The number of alkyl halides is 2. The zero-order valence-corrected chi connectivity index (χ0v) is 15.0. The summed E-state index contributed by atoms with van der Waals surface area (Å²) in [5.74, 6) is -1.12. The van der Waals surface area contributed by atoms with E-state index in [1.807, 2.05) is 0 Å². The van der Waals surface area contributed by atoms with Crippen molar-refractivity contribution >= 4 is 39.7 Å². The van der Waals surface area contributed by atoms with E-state index in [0.717, 1.165) is 0 Å². The number of ether oxygens (including phenoxy) is 1. The molecule has 0 bridgehead atoms. The predicted molar refractivity (Wildman–Crippen MR) is 101 cm³/mol. The summed E-state index contributed by atoms with van der Waals surface area (Å²) in [6.07, 6.45) is 0. The minimum absolute atomic E-state index is 0.0351. The zero-order chi connectivity index (χ0) is 20.1. The van der Waals surface area contributed by atoms with Crippen LogP contribution in [0.2, 0.25) is 0 Å². The van der Waals surface area contributed by atoms with Gasteiger partial charge < -0.3 is 21.1 Å². The molecule has 2 aromatic carbocycles. The van der Waals surface area contributed by atoms with Crippen LogP contribution in [0.5, 0.6) is 5.75 Å². The molecule has 0 aliphatic carbocycles. The molecule has 0 saturated carbocycles. The third kappa shape index (κ3) is 4.80. The first-order chi connectivity index (χ1) is 13.4. The Hall–Kier alpha value is -3.53. The summed E-state index contributed by atoms with van der Waals surface area (Å²) in [6, 6.07) is 12.2. The van der Waals surface area contributed by atoms with Gasteiger partial charge in [0.15, 0.2) is 5.13 Å². The maximum Gasteiger partial charge on any atom is 0.387 e. The van der Waals surface area contributed by atoms with Gasteiger partial charge >= 0.3 is 6.61 Å². The Morgan fingerprint density at radius 1 is 1.11 bits per heavy atom. The maximum atomic E-state index is 12.4. The highest BCUT2D eigenvalue weighted by Gasteiger charge is 2.15. The van der Waals surface area contributed by atoms with Gasteiger partial charge in [0, 0.05) is 11.1 Å². The van der Waals surface area contributed by atoms with Crippen LogP contribution >= 0.6 is 11.3 Å². The highest BCUT2D eigenvalue weighted by Crippen LogP contribution is 2.24. The van der Waals surface area contributed by atoms with E-state index in [2.05, 4.69) is 20.4 Å². The first-order valence-corrected chi connectivity index (χ1v) is 8.78. The maximum absolute atomic E-state index is 12.4. The molecule has 0 atom stereocenters. The van der Waals surface area contributed by atoms with Crippen molar-refractivity contribution in [2.24, 2.45) is 5.73 Å². The number of amides is 2. The van der Waals surface area contributed by atoms with E-state index in [-0.39, 0.29) is 22.7 Å². The summed E-state index contributed by atoms with van der Waals surface area (Å²) in [4.78, 5) is 28.0. The van der Waals surface area contributed by atoms with Crippen LogP contribution in [0.1, 0.15) is 20.8 Å². The lowest BCUT2D eigenvalue weighted by atomic mass is 10.1. The van der Waals surface area contributed by atoms with Crippen molar-refractivity contribution in [2.45, 2.75) is 6.61 Å². The molecule has 0 radical (unpaired) electrons. The number of anilines is 3. The first-order valence-electron chi connectivity index (χ1n) is 7.90. The van der Waals surface area contributed by atoms with Crippen LogP contribution in [0.25, 0.3) is 0 Å². The number of carbonyl (C=O) groups is 2. The molecular weight excluding hydrogens is 390 g/mol. The van der Waals surface area contributed by atoms with Crippen LogP contribution in [0.3, 0.4) is 0 Å². The Morgan fingerprint density at radius 2 is 1.82 bits per heavy atom. The number of aromatic nitrogens is 1. The highest BCUT2D eigenvalue weighted by atomic mass is 32.1. The van der Waals surface area contributed by atoms with Gasteiger partial charge in [-0.1, -0.05) is 12.1 Å². The molecule has 3 rings (SSSR count). The lowest BCUT2D eigenvalue weighted by Gasteiger charge is -2.07. The number of hydrogen-bond donors (Lipinski definition) is 3. The second-order valence-corrected chi connectivity index (χ2v) is 6.29. The van der Waals surface area contributed by atoms with Crippen LogP contribution in [-0.4, -0.2) is 23.4 Å². The normalized spacial score (nSPS) is 10.5. The van der Waals surface area contributed by atoms with Crippen molar-refractivity contribution < 1.29 is 23.1 Å². The third-order valence-corrected chi connectivity index (χ3v) is 4.27. The molecule has 0 spiro atoms. The standard InChI is InChI=1S/C18H14F2N4O3S/c19-17(20)27-11-7-5-10(6-8-11)22-18-24-14(9-28-18)16(26)23-13-4-2-1-3-12(13)15(21)25/h1-9,17H,(H2,21,25)(H,22,24)(H,23,26). The van der Waals surface area contributed by atoms with Gasteiger partial charge in [-0.25, -0.2) is 4.98 Å². The molecule has 7 nitrogen and oxygen atoms in total. The topological polar surface area (TPSA) is 106 Å². The van der Waals surface area contributed by atoms with E-state index >= 15 is 0 Å². The summed E-state index contributed by atoms with van der Waals surface area (Å²) in [6.45, 7) is -2.89. The zero-order valence-electron chi connectivity index (χ0n) is 14.2. The summed E-state index contributed by atoms with van der Waals surface area (Å²) < 4.78 is 28.6. The van der Waals surface area contributed by atoms with Crippen molar-refractivity contribution in [3.05, 3.63) is 65.2 Å². The number of nitrogens with zero attached hydrogens (tertiary/aromatic N) is 1. The lowest BCUT2D eigenvalue weighted by Crippen LogP contribution is -2.18. The Labute approximate surface area is 162 Å². The fourth-order valence-electron chi connectivity index (χ4n) is 2.27. The molecule has 1 heterocycles. The molecule has 1 aromatic heterocycles. The van der Waals surface area contributed by atoms with Gasteiger partial charge in [-0.15, -0.1) is 11.3 Å². The second-order valence-electron chi connectivity index (χ2n) is 5.43. The van der Waals surface area contributed by atoms with Crippen LogP contribution in [0.15, 0.2) is 53.9 Å². The molecule has 144 valence electrons. The van der Waals surface area contributed by atoms with E-state index < -0.39 is 18.4 Å². The quantitative estimate of drug-likeness (QED) is 0.555. The van der Waals surface area contributed by atoms with Gasteiger partial charge in [-0.05, 0) is 36.4 Å². The molecule has 0 aliphatic heterocycles. The number of hydrogen-bond acceptors (Lipinski definition) is 6. The SMILES string of the molecule is NC(=O)c1ccccc1NC(=O)c1csc(Nc2ccc(OC(F)F)cc2)n1. The molecule has 10 heteroatoms. The van der Waals surface area contributed by atoms with E-state index in [1.165, 1.54) is 29.5 Å². The van der Waals surface area contributed by atoms with Gasteiger partial charge in [0.1, 0.15) is 11.4 Å². The fourth-order valence-corrected chi connectivity index (χ4v) is 2.98. The lowest BCUT2D eigenvalue weighted by molar-refractivity contribution is -0.0498. The minimum Gasteiger partial charge on any atom is -0.435 e. The molecule has 4 N–H and O–H groups in total. The van der Waals surface area contributed by atoms with Gasteiger partial charge in [-0.3, -0.25) is 9.59 Å². The van der Waals surface area contributed by atoms with Gasteiger partial charge in [0.2, 0.25) is 0 Å². The van der Waals surface area contributed by atoms with Crippen LogP contribution in [0.4, 0.5) is 25.3 Å². The average molecular weight is 404 g/mol. The Bertz CT molecular complexity index is 993. The van der Waals surface area contributed by atoms with Crippen molar-refractivity contribution in [3.63, 3.8) is 0 Å². The number of rotatable bonds is 7. The fraction of sp³-hybridized carbons (Fsp3) is 0.0556. The average Bonchev–Trinajstić information content (AvgIpc) is 3.12. The van der Waals surface area contributed by atoms with E-state index in [4.69, 9.17) is 5.73 Å².